The molecule has 2 aliphatic heterocycles. The number of para-hydroxylation sites is 1. The van der Waals surface area contributed by atoms with Crippen LogP contribution in [0.3, 0.4) is 0 Å². The van der Waals surface area contributed by atoms with E-state index in [4.69, 9.17) is 9.47 Å². The summed E-state index contributed by atoms with van der Waals surface area (Å²) in [6.07, 6.45) is 2.87. The van der Waals surface area contributed by atoms with Crippen molar-refractivity contribution >= 4 is 23.2 Å². The van der Waals surface area contributed by atoms with Crippen molar-refractivity contribution in [3.05, 3.63) is 53.6 Å². The van der Waals surface area contributed by atoms with Crippen LogP contribution in [0.2, 0.25) is 0 Å². The topological polar surface area (TPSA) is 54.0 Å². The minimum absolute atomic E-state index is 0.0839. The summed E-state index contributed by atoms with van der Waals surface area (Å²) in [4.78, 5) is 17.2. The van der Waals surface area contributed by atoms with Gasteiger partial charge in [-0.1, -0.05) is 24.3 Å². The largest absolute Gasteiger partial charge is 0.493 e. The molecule has 2 aromatic rings. The van der Waals surface area contributed by atoms with E-state index in [1.165, 1.54) is 0 Å². The summed E-state index contributed by atoms with van der Waals surface area (Å²) >= 11 is 0. The number of amides is 1. The SMILES string of the molecule is COc1cc(/C=C2\C(=O)Nc3ccccc32)ccc1OCCCN1CCN(C)CC1. The van der Waals surface area contributed by atoms with Crippen LogP contribution in [0.4, 0.5) is 5.69 Å². The molecule has 1 saturated heterocycles. The Kier molecular flexibility index (Phi) is 6.35. The van der Waals surface area contributed by atoms with Crippen LogP contribution in [-0.2, 0) is 4.79 Å². The van der Waals surface area contributed by atoms with Gasteiger partial charge in [-0.2, -0.15) is 0 Å². The maximum atomic E-state index is 12.3. The van der Waals surface area contributed by atoms with Crippen molar-refractivity contribution < 1.29 is 14.3 Å². The first-order valence-corrected chi connectivity index (χ1v) is 10.5. The molecule has 1 N–H and O–H groups in total. The molecule has 30 heavy (non-hydrogen) atoms. The van der Waals surface area contributed by atoms with Gasteiger partial charge in [-0.15, -0.1) is 0 Å². The van der Waals surface area contributed by atoms with Gasteiger partial charge in [0, 0.05) is 49.5 Å². The van der Waals surface area contributed by atoms with E-state index in [1.807, 2.05) is 48.5 Å². The molecule has 158 valence electrons. The van der Waals surface area contributed by atoms with E-state index >= 15 is 0 Å². The number of rotatable bonds is 7. The van der Waals surface area contributed by atoms with Crippen LogP contribution in [0, 0.1) is 0 Å². The quantitative estimate of drug-likeness (QED) is 0.564. The minimum Gasteiger partial charge on any atom is -0.493 e. The van der Waals surface area contributed by atoms with Gasteiger partial charge in [0.25, 0.3) is 5.91 Å². The fraction of sp³-hybridized carbons (Fsp3) is 0.375. The summed E-state index contributed by atoms with van der Waals surface area (Å²) in [7, 11) is 3.81. The number of nitrogens with zero attached hydrogens (tertiary/aromatic N) is 2. The average Bonchev–Trinajstić information content (AvgIpc) is 3.08. The third-order valence-electron chi connectivity index (χ3n) is 5.68. The maximum Gasteiger partial charge on any atom is 0.256 e. The van der Waals surface area contributed by atoms with E-state index in [0.29, 0.717) is 17.9 Å². The van der Waals surface area contributed by atoms with Crippen molar-refractivity contribution in [3.8, 4) is 11.5 Å². The zero-order valence-corrected chi connectivity index (χ0v) is 17.7. The molecule has 0 radical (unpaired) electrons. The van der Waals surface area contributed by atoms with Gasteiger partial charge in [0.2, 0.25) is 0 Å². The first-order valence-electron chi connectivity index (χ1n) is 10.5. The van der Waals surface area contributed by atoms with E-state index < -0.39 is 0 Å². The molecule has 6 nitrogen and oxygen atoms in total. The highest BCUT2D eigenvalue weighted by atomic mass is 16.5. The second-order valence-corrected chi connectivity index (χ2v) is 7.81. The molecule has 1 fully saturated rings. The van der Waals surface area contributed by atoms with Gasteiger partial charge in [0.15, 0.2) is 11.5 Å². The Balaban J connectivity index is 1.38. The normalized spacial score (nSPS) is 18.3. The van der Waals surface area contributed by atoms with E-state index in [-0.39, 0.29) is 5.91 Å². The fourth-order valence-electron chi connectivity index (χ4n) is 3.88. The van der Waals surface area contributed by atoms with Crippen molar-refractivity contribution in [1.82, 2.24) is 9.80 Å². The minimum atomic E-state index is -0.0839. The van der Waals surface area contributed by atoms with Gasteiger partial charge in [-0.25, -0.2) is 0 Å². The number of methoxy groups -OCH3 is 1. The third-order valence-corrected chi connectivity index (χ3v) is 5.68. The van der Waals surface area contributed by atoms with Gasteiger partial charge in [0.1, 0.15) is 0 Å². The number of likely N-dealkylation sites (N-methyl/N-ethyl adjacent to an activating group) is 1. The molecular formula is C24H29N3O3. The van der Waals surface area contributed by atoms with Crippen molar-refractivity contribution in [2.24, 2.45) is 0 Å². The highest BCUT2D eigenvalue weighted by Crippen LogP contribution is 2.34. The number of anilines is 1. The smallest absolute Gasteiger partial charge is 0.256 e. The summed E-state index contributed by atoms with van der Waals surface area (Å²) in [6, 6.07) is 13.5. The lowest BCUT2D eigenvalue weighted by Crippen LogP contribution is -2.44. The number of hydrogen-bond acceptors (Lipinski definition) is 5. The number of nitrogens with one attached hydrogen (secondary N) is 1. The van der Waals surface area contributed by atoms with Gasteiger partial charge >= 0.3 is 0 Å². The third kappa shape index (κ3) is 4.66. The van der Waals surface area contributed by atoms with Crippen LogP contribution in [-0.4, -0.2) is 69.2 Å². The van der Waals surface area contributed by atoms with Gasteiger partial charge < -0.3 is 24.6 Å². The molecule has 0 unspecified atom stereocenters. The molecule has 6 heteroatoms. The molecule has 1 amide bonds. The van der Waals surface area contributed by atoms with Gasteiger partial charge in [0.05, 0.1) is 13.7 Å². The first-order chi connectivity index (χ1) is 14.6. The Labute approximate surface area is 178 Å². The maximum absolute atomic E-state index is 12.3. The molecule has 0 bridgehead atoms. The Bertz CT molecular complexity index is 933. The molecule has 2 heterocycles. The molecule has 4 rings (SSSR count). The van der Waals surface area contributed by atoms with Crippen LogP contribution >= 0.6 is 0 Å². The number of piperazine rings is 1. The number of hydrogen-bond donors (Lipinski definition) is 1. The Morgan fingerprint density at radius 1 is 1.07 bits per heavy atom. The number of ether oxygens (including phenoxy) is 2. The summed E-state index contributed by atoms with van der Waals surface area (Å²) in [5.74, 6) is 1.32. The standard InChI is InChI=1S/C24H29N3O3/c1-26-11-13-27(14-12-26)10-5-15-30-22-9-8-18(17-23(22)29-2)16-20-19-6-3-4-7-21(19)25-24(20)28/h3-4,6-9,16-17H,5,10-15H2,1-2H3,(H,25,28)/b20-16-. The molecular weight excluding hydrogens is 378 g/mol. The van der Waals surface area contributed by atoms with E-state index in [1.54, 1.807) is 7.11 Å². The summed E-state index contributed by atoms with van der Waals surface area (Å²) in [5, 5.41) is 2.90. The zero-order valence-electron chi connectivity index (χ0n) is 17.7. The van der Waals surface area contributed by atoms with E-state index in [9.17, 15) is 4.79 Å². The molecule has 0 aliphatic carbocycles. The number of carbonyl (C=O) groups excluding carboxylic acids is 1. The zero-order chi connectivity index (χ0) is 20.9. The van der Waals surface area contributed by atoms with Crippen molar-refractivity contribution in [1.29, 1.82) is 0 Å². The predicted molar refractivity (Wildman–Crippen MR) is 120 cm³/mol. The average molecular weight is 408 g/mol. The lowest BCUT2D eigenvalue weighted by Gasteiger charge is -2.32. The first kappa shape index (κ1) is 20.4. The Hall–Kier alpha value is -2.83. The lowest BCUT2D eigenvalue weighted by molar-refractivity contribution is -0.110. The molecule has 2 aromatic carbocycles. The molecule has 0 spiro atoms. The summed E-state index contributed by atoms with van der Waals surface area (Å²) in [5.41, 5.74) is 3.33. The predicted octanol–water partition coefficient (Wildman–Crippen LogP) is 3.20. The number of benzene rings is 2. The van der Waals surface area contributed by atoms with Gasteiger partial charge in [-0.05, 0) is 43.3 Å². The van der Waals surface area contributed by atoms with Crippen molar-refractivity contribution in [3.63, 3.8) is 0 Å². The highest BCUT2D eigenvalue weighted by molar-refractivity contribution is 6.34. The van der Waals surface area contributed by atoms with Crippen molar-refractivity contribution in [2.45, 2.75) is 6.42 Å². The monoisotopic (exact) mass is 407 g/mol. The van der Waals surface area contributed by atoms with Crippen LogP contribution in [0.1, 0.15) is 17.5 Å². The van der Waals surface area contributed by atoms with Crippen LogP contribution in [0.25, 0.3) is 11.6 Å². The molecule has 0 atom stereocenters. The highest BCUT2D eigenvalue weighted by Gasteiger charge is 2.23. The van der Waals surface area contributed by atoms with E-state index in [2.05, 4.69) is 22.2 Å². The molecule has 2 aliphatic rings. The van der Waals surface area contributed by atoms with Crippen LogP contribution in [0.5, 0.6) is 11.5 Å². The van der Waals surface area contributed by atoms with E-state index in [0.717, 1.165) is 61.7 Å². The lowest BCUT2D eigenvalue weighted by atomic mass is 10.0. The van der Waals surface area contributed by atoms with Crippen LogP contribution < -0.4 is 14.8 Å². The Morgan fingerprint density at radius 3 is 2.67 bits per heavy atom. The second kappa shape index (κ2) is 9.32. The summed E-state index contributed by atoms with van der Waals surface area (Å²) < 4.78 is 11.5. The Morgan fingerprint density at radius 2 is 1.87 bits per heavy atom. The number of fused-ring (bicyclic) bond motifs is 1. The van der Waals surface area contributed by atoms with Crippen LogP contribution in [0.15, 0.2) is 42.5 Å². The van der Waals surface area contributed by atoms with Gasteiger partial charge in [-0.3, -0.25) is 4.79 Å². The molecule has 0 saturated carbocycles. The van der Waals surface area contributed by atoms with Crippen molar-refractivity contribution in [2.75, 3.05) is 58.8 Å². The number of carbonyl (C=O) groups is 1. The molecule has 0 aromatic heterocycles. The second-order valence-electron chi connectivity index (χ2n) is 7.81. The summed E-state index contributed by atoms with van der Waals surface area (Å²) in [6.45, 7) is 6.22. The fourth-order valence-corrected chi connectivity index (χ4v) is 3.88.